The van der Waals surface area contributed by atoms with Crippen LogP contribution in [-0.2, 0) is 23.8 Å². The molecule has 0 heterocycles. The van der Waals surface area contributed by atoms with E-state index in [4.69, 9.17) is 29.4 Å². The van der Waals surface area contributed by atoms with Crippen LogP contribution in [0.2, 0.25) is 0 Å². The smallest absolute Gasteiger partial charge is 0.480 e. The molecule has 0 aliphatic heterocycles. The van der Waals surface area contributed by atoms with Crippen LogP contribution in [0.5, 0.6) is 11.5 Å². The minimum Gasteiger partial charge on any atom is -0.480 e. The molecule has 0 amide bonds. The maximum absolute atomic E-state index is 12.5. The van der Waals surface area contributed by atoms with E-state index in [0.717, 1.165) is 12.8 Å². The molecule has 4 unspecified atom stereocenters. The van der Waals surface area contributed by atoms with Crippen LogP contribution in [-0.4, -0.2) is 55.2 Å². The minimum absolute atomic E-state index is 0.0960. The van der Waals surface area contributed by atoms with Crippen molar-refractivity contribution >= 4 is 24.2 Å². The number of ether oxygens (including phenoxy) is 5. The number of carbonyl (C=O) groups is 4. The lowest BCUT2D eigenvalue weighted by Gasteiger charge is -2.29. The van der Waals surface area contributed by atoms with Gasteiger partial charge < -0.3 is 34.5 Å². The summed E-state index contributed by atoms with van der Waals surface area (Å²) in [4.78, 5) is 49.3. The van der Waals surface area contributed by atoms with E-state index in [0.29, 0.717) is 12.0 Å². The minimum atomic E-state index is -1.39. The Balaban J connectivity index is 3.36. The van der Waals surface area contributed by atoms with Gasteiger partial charge in [0.2, 0.25) is 0 Å². The van der Waals surface area contributed by atoms with Crippen molar-refractivity contribution in [2.24, 2.45) is 28.9 Å². The zero-order chi connectivity index (χ0) is 31.3. The van der Waals surface area contributed by atoms with Crippen LogP contribution in [0.25, 0.3) is 0 Å². The van der Waals surface area contributed by atoms with Crippen LogP contribution >= 0.6 is 0 Å². The topological polar surface area (TPSA) is 161 Å². The van der Waals surface area contributed by atoms with Crippen LogP contribution in [0.15, 0.2) is 18.2 Å². The molecule has 0 aliphatic rings. The van der Waals surface area contributed by atoms with Gasteiger partial charge in [-0.1, -0.05) is 60.5 Å². The molecule has 41 heavy (non-hydrogen) atoms. The third-order valence-corrected chi connectivity index (χ3v) is 7.30. The summed E-state index contributed by atoms with van der Waals surface area (Å²) in [5, 5.41) is 9.74. The van der Waals surface area contributed by atoms with Crippen molar-refractivity contribution in [2.75, 3.05) is 19.8 Å². The van der Waals surface area contributed by atoms with E-state index in [1.165, 1.54) is 18.2 Å². The van der Waals surface area contributed by atoms with Crippen molar-refractivity contribution in [1.82, 2.24) is 0 Å². The Morgan fingerprint density at radius 3 is 1.80 bits per heavy atom. The van der Waals surface area contributed by atoms with Gasteiger partial charge in [0.1, 0.15) is 6.04 Å². The highest BCUT2D eigenvalue weighted by molar-refractivity contribution is 5.76. The summed E-state index contributed by atoms with van der Waals surface area (Å²) in [5.74, 6) is -3.20. The highest BCUT2D eigenvalue weighted by Gasteiger charge is 2.34. The molecule has 0 aromatic heterocycles. The molecule has 1 aromatic carbocycles. The lowest BCUT2D eigenvalue weighted by Crippen LogP contribution is -2.41. The van der Waals surface area contributed by atoms with Crippen molar-refractivity contribution in [2.45, 2.75) is 86.6 Å². The van der Waals surface area contributed by atoms with Gasteiger partial charge in [0.25, 0.3) is 0 Å². The summed E-state index contributed by atoms with van der Waals surface area (Å²) in [6.07, 6.45) is 0.128. The molecule has 1 rings (SSSR count). The molecule has 5 atom stereocenters. The second-order valence-electron chi connectivity index (χ2n) is 11.3. The second-order valence-corrected chi connectivity index (χ2v) is 11.3. The first-order valence-electron chi connectivity index (χ1n) is 14.1. The summed E-state index contributed by atoms with van der Waals surface area (Å²) >= 11 is 0. The number of aliphatic carboxylic acids is 1. The molecule has 11 nitrogen and oxygen atoms in total. The number of rotatable bonds is 16. The van der Waals surface area contributed by atoms with Gasteiger partial charge in [-0.2, -0.15) is 0 Å². The fourth-order valence-corrected chi connectivity index (χ4v) is 3.48. The molecule has 11 heteroatoms. The lowest BCUT2D eigenvalue weighted by molar-refractivity contribution is -0.155. The molecular formula is C30H47NO10. The summed E-state index contributed by atoms with van der Waals surface area (Å²) < 4.78 is 26.5. The Morgan fingerprint density at radius 2 is 1.34 bits per heavy atom. The summed E-state index contributed by atoms with van der Waals surface area (Å²) in [6, 6.07) is 2.85. The largest absolute Gasteiger partial charge is 0.513 e. The molecule has 0 spiro atoms. The molecule has 0 bridgehead atoms. The van der Waals surface area contributed by atoms with Gasteiger partial charge in [0, 0.05) is 5.92 Å². The van der Waals surface area contributed by atoms with Crippen molar-refractivity contribution in [3.8, 4) is 11.5 Å². The third kappa shape index (κ3) is 11.6. The Morgan fingerprint density at radius 1 is 0.829 bits per heavy atom. The number of hydrogen-bond acceptors (Lipinski definition) is 10. The average Bonchev–Trinajstić information content (AvgIpc) is 2.94. The second kappa shape index (κ2) is 16.8. The number of carbonyl (C=O) groups excluding carboxylic acids is 3. The molecular weight excluding hydrogens is 534 g/mol. The first-order chi connectivity index (χ1) is 19.2. The molecule has 0 radical (unpaired) electrons. The normalized spacial score (nSPS) is 15.0. The predicted molar refractivity (Wildman–Crippen MR) is 152 cm³/mol. The average molecular weight is 582 g/mol. The first-order valence-corrected chi connectivity index (χ1v) is 14.1. The zero-order valence-electron chi connectivity index (χ0n) is 25.6. The molecule has 0 fully saturated rings. The molecule has 1 aromatic rings. The summed E-state index contributed by atoms with van der Waals surface area (Å²) in [5.41, 5.74) is 5.74. The molecule has 3 N–H and O–H groups in total. The summed E-state index contributed by atoms with van der Waals surface area (Å²) in [7, 11) is 0. The van der Waals surface area contributed by atoms with E-state index in [1.807, 2.05) is 34.6 Å². The SMILES string of the molecule is CCC(C)COC(=O)Oc1ccc(C(C(C)COC(=O)C(C)(C)CC)[C@H](N)C(=O)O)cc1OC(=O)OCC(C)CC. The zero-order valence-corrected chi connectivity index (χ0v) is 25.6. The Hall–Kier alpha value is -3.34. The number of hydrogen-bond donors (Lipinski definition) is 2. The molecule has 0 saturated carbocycles. The van der Waals surface area contributed by atoms with E-state index >= 15 is 0 Å². The first kappa shape index (κ1) is 35.7. The van der Waals surface area contributed by atoms with Crippen LogP contribution in [0, 0.1) is 23.2 Å². The maximum atomic E-state index is 12.5. The number of benzene rings is 1. The van der Waals surface area contributed by atoms with Crippen molar-refractivity contribution in [3.05, 3.63) is 23.8 Å². The molecule has 0 saturated heterocycles. The van der Waals surface area contributed by atoms with Gasteiger partial charge in [-0.25, -0.2) is 9.59 Å². The quantitative estimate of drug-likeness (QED) is 0.135. The van der Waals surface area contributed by atoms with E-state index in [1.54, 1.807) is 20.8 Å². The number of nitrogens with two attached hydrogens (primary N) is 1. The van der Waals surface area contributed by atoms with E-state index in [9.17, 15) is 24.3 Å². The Bertz CT molecular complexity index is 1020. The van der Waals surface area contributed by atoms with E-state index in [2.05, 4.69) is 0 Å². The highest BCUT2D eigenvalue weighted by atomic mass is 16.7. The Labute approximate surface area is 243 Å². The standard InChI is InChI=1S/C30H47NO10/c1-9-18(4)15-38-28(35)40-22-13-12-21(14-23(22)41-29(36)39-16-19(5)10-2)24(25(31)26(32)33)20(6)17-37-27(34)30(7,8)11-3/h12-14,18-20,24-25H,9-11,15-17,31H2,1-8H3,(H,32,33)/t18?,19?,20?,24?,25-/m0/s1. The third-order valence-electron chi connectivity index (χ3n) is 7.30. The fraction of sp³-hybridized carbons (Fsp3) is 0.667. The van der Waals surface area contributed by atoms with Crippen LogP contribution < -0.4 is 15.2 Å². The van der Waals surface area contributed by atoms with Crippen LogP contribution in [0.3, 0.4) is 0 Å². The molecule has 0 aliphatic carbocycles. The van der Waals surface area contributed by atoms with Crippen molar-refractivity contribution in [3.63, 3.8) is 0 Å². The van der Waals surface area contributed by atoms with Crippen LogP contribution in [0.4, 0.5) is 9.59 Å². The van der Waals surface area contributed by atoms with Gasteiger partial charge in [-0.05, 0) is 55.7 Å². The Kier molecular flexibility index (Phi) is 14.6. The lowest BCUT2D eigenvalue weighted by atomic mass is 9.81. The van der Waals surface area contributed by atoms with Gasteiger partial charge in [-0.15, -0.1) is 0 Å². The number of esters is 1. The highest BCUT2D eigenvalue weighted by Crippen LogP contribution is 2.36. The van der Waals surface area contributed by atoms with E-state index < -0.39 is 47.5 Å². The monoisotopic (exact) mass is 581 g/mol. The van der Waals surface area contributed by atoms with Gasteiger partial charge >= 0.3 is 24.2 Å². The maximum Gasteiger partial charge on any atom is 0.513 e. The predicted octanol–water partition coefficient (Wildman–Crippen LogP) is 5.92. The fourth-order valence-electron chi connectivity index (χ4n) is 3.48. The van der Waals surface area contributed by atoms with Gasteiger partial charge in [-0.3, -0.25) is 9.59 Å². The van der Waals surface area contributed by atoms with Crippen molar-refractivity contribution < 1.29 is 48.0 Å². The molecule has 232 valence electrons. The van der Waals surface area contributed by atoms with E-state index in [-0.39, 0.29) is 43.2 Å². The van der Waals surface area contributed by atoms with Crippen LogP contribution in [0.1, 0.15) is 86.1 Å². The van der Waals surface area contributed by atoms with Gasteiger partial charge in [0.15, 0.2) is 11.5 Å². The number of carboxylic acids is 1. The van der Waals surface area contributed by atoms with Crippen molar-refractivity contribution in [1.29, 1.82) is 0 Å². The summed E-state index contributed by atoms with van der Waals surface area (Å²) in [6.45, 7) is 15.0. The number of carboxylic acid groups (broad SMARTS) is 1. The van der Waals surface area contributed by atoms with Gasteiger partial charge in [0.05, 0.1) is 25.2 Å².